The largest absolute Gasteiger partial charge is 0.447 e. The smallest absolute Gasteiger partial charge is 0.411 e. The van der Waals surface area contributed by atoms with Crippen LogP contribution in [0.15, 0.2) is 42.5 Å². The van der Waals surface area contributed by atoms with E-state index in [0.717, 1.165) is 31.2 Å². The number of halogens is 1. The maximum absolute atomic E-state index is 12.7. The molecular weight excluding hydrogens is 468 g/mol. The summed E-state index contributed by atoms with van der Waals surface area (Å²) in [6.07, 6.45) is 4.30. The van der Waals surface area contributed by atoms with Gasteiger partial charge in [-0.3, -0.25) is 14.9 Å². The lowest BCUT2D eigenvalue weighted by Gasteiger charge is -2.46. The third-order valence-corrected chi connectivity index (χ3v) is 7.44. The molecule has 9 heteroatoms. The molecule has 4 rings (SSSR count). The van der Waals surface area contributed by atoms with Gasteiger partial charge in [-0.1, -0.05) is 35.9 Å². The van der Waals surface area contributed by atoms with Gasteiger partial charge >= 0.3 is 6.09 Å². The lowest BCUT2D eigenvalue weighted by Crippen LogP contribution is -2.59. The summed E-state index contributed by atoms with van der Waals surface area (Å²) >= 11 is 6.35. The van der Waals surface area contributed by atoms with Crippen LogP contribution >= 0.6 is 11.6 Å². The van der Waals surface area contributed by atoms with E-state index >= 15 is 0 Å². The number of nitrogens with one attached hydrogen (secondary N) is 1. The number of benzene rings is 2. The number of amides is 3. The number of carbonyl (C=O) groups is 3. The van der Waals surface area contributed by atoms with Gasteiger partial charge in [0.15, 0.2) is 0 Å². The van der Waals surface area contributed by atoms with E-state index in [1.807, 2.05) is 36.4 Å². The van der Waals surface area contributed by atoms with Crippen LogP contribution in [-0.4, -0.2) is 60.0 Å². The highest BCUT2D eigenvalue weighted by Gasteiger charge is 2.42. The molecule has 8 nitrogen and oxygen atoms in total. The van der Waals surface area contributed by atoms with Crippen LogP contribution in [0.25, 0.3) is 0 Å². The number of nitrogens with two attached hydrogens (primary N) is 1. The first-order valence-corrected chi connectivity index (χ1v) is 12.3. The van der Waals surface area contributed by atoms with Gasteiger partial charge in [-0.05, 0) is 67.0 Å². The van der Waals surface area contributed by atoms with E-state index in [-0.39, 0.29) is 25.6 Å². The van der Waals surface area contributed by atoms with Crippen molar-refractivity contribution < 1.29 is 19.1 Å². The van der Waals surface area contributed by atoms with Crippen LogP contribution in [0, 0.1) is 0 Å². The number of likely N-dealkylation sites (tertiary alicyclic amines) is 1. The summed E-state index contributed by atoms with van der Waals surface area (Å²) in [7, 11) is 0. The molecule has 1 heterocycles. The van der Waals surface area contributed by atoms with E-state index in [4.69, 9.17) is 22.1 Å². The van der Waals surface area contributed by atoms with Crippen molar-refractivity contribution >= 4 is 35.7 Å². The fourth-order valence-corrected chi connectivity index (χ4v) is 5.14. The van der Waals surface area contributed by atoms with Crippen molar-refractivity contribution in [3.05, 3.63) is 64.2 Å². The minimum atomic E-state index is -0.776. The maximum atomic E-state index is 12.7. The minimum absolute atomic E-state index is 0.00236. The molecule has 1 aliphatic carbocycles. The Balaban J connectivity index is 1.47. The summed E-state index contributed by atoms with van der Waals surface area (Å²) in [4.78, 5) is 40.4. The third-order valence-electron chi connectivity index (χ3n) is 7.07. The van der Waals surface area contributed by atoms with E-state index in [1.54, 1.807) is 15.9 Å². The maximum Gasteiger partial charge on any atom is 0.411 e. The predicted octanol–water partition coefficient (Wildman–Crippen LogP) is 3.36. The predicted molar refractivity (Wildman–Crippen MR) is 134 cm³/mol. The fraction of sp³-hybridized carbons (Fsp3) is 0.423. The normalized spacial score (nSPS) is 16.3. The highest BCUT2D eigenvalue weighted by atomic mass is 35.5. The summed E-state index contributed by atoms with van der Waals surface area (Å²) in [5.41, 5.74) is 8.82. The SMILES string of the molecule is NCC(=O)N1CCC(COC(=O)Nc2ccc3c(c2)CCC3)(N(C=O)Cc2ccccc2Cl)CC1. The second-order valence-electron chi connectivity index (χ2n) is 9.17. The Morgan fingerprint density at radius 3 is 2.60 bits per heavy atom. The van der Waals surface area contributed by atoms with Crippen LogP contribution < -0.4 is 11.1 Å². The average Bonchev–Trinajstić information content (AvgIpc) is 3.35. The highest BCUT2D eigenvalue weighted by Crippen LogP contribution is 2.32. The molecule has 0 atom stereocenters. The first-order valence-electron chi connectivity index (χ1n) is 11.9. The molecular formula is C26H31ClN4O4. The van der Waals surface area contributed by atoms with Gasteiger partial charge in [0.2, 0.25) is 12.3 Å². The zero-order valence-electron chi connectivity index (χ0n) is 19.7. The van der Waals surface area contributed by atoms with E-state index in [1.165, 1.54) is 11.1 Å². The molecule has 1 saturated heterocycles. The topological polar surface area (TPSA) is 105 Å². The Morgan fingerprint density at radius 2 is 1.89 bits per heavy atom. The molecule has 0 aromatic heterocycles. The Hall–Kier alpha value is -3.10. The molecule has 3 N–H and O–H groups in total. The van der Waals surface area contributed by atoms with Crippen molar-refractivity contribution in [1.29, 1.82) is 0 Å². The Morgan fingerprint density at radius 1 is 1.14 bits per heavy atom. The molecule has 0 bridgehead atoms. The molecule has 0 radical (unpaired) electrons. The number of hydrogen-bond acceptors (Lipinski definition) is 5. The van der Waals surface area contributed by atoms with Crippen LogP contribution in [0.4, 0.5) is 10.5 Å². The number of anilines is 1. The number of piperidine rings is 1. The van der Waals surface area contributed by atoms with Gasteiger partial charge in [-0.15, -0.1) is 0 Å². The second kappa shape index (κ2) is 11.1. The van der Waals surface area contributed by atoms with Crippen molar-refractivity contribution in [1.82, 2.24) is 9.80 Å². The molecule has 0 unspecified atom stereocenters. The molecule has 35 heavy (non-hydrogen) atoms. The molecule has 3 amide bonds. The zero-order valence-corrected chi connectivity index (χ0v) is 20.4. The van der Waals surface area contributed by atoms with E-state index in [0.29, 0.717) is 36.6 Å². The van der Waals surface area contributed by atoms with Gasteiger partial charge in [-0.25, -0.2) is 4.79 Å². The fourth-order valence-electron chi connectivity index (χ4n) is 4.95. The Labute approximate surface area is 210 Å². The molecule has 1 aliphatic heterocycles. The molecule has 2 aromatic rings. The first kappa shape index (κ1) is 25.0. The number of carbonyl (C=O) groups excluding carboxylic acids is 3. The minimum Gasteiger partial charge on any atom is -0.447 e. The van der Waals surface area contributed by atoms with Crippen molar-refractivity contribution in [2.75, 3.05) is 31.6 Å². The first-order chi connectivity index (χ1) is 16.9. The monoisotopic (exact) mass is 498 g/mol. The van der Waals surface area contributed by atoms with Gasteiger partial charge in [0.05, 0.1) is 12.1 Å². The van der Waals surface area contributed by atoms with Crippen LogP contribution in [0.2, 0.25) is 5.02 Å². The van der Waals surface area contributed by atoms with E-state index in [9.17, 15) is 14.4 Å². The van der Waals surface area contributed by atoms with Crippen LogP contribution in [-0.2, 0) is 33.7 Å². The van der Waals surface area contributed by atoms with Crippen LogP contribution in [0.1, 0.15) is 36.0 Å². The number of fused-ring (bicyclic) bond motifs is 1. The zero-order chi connectivity index (χ0) is 24.8. The van der Waals surface area contributed by atoms with Crippen LogP contribution in [0.3, 0.4) is 0 Å². The summed E-state index contributed by atoms with van der Waals surface area (Å²) in [5.74, 6) is -0.141. The van der Waals surface area contributed by atoms with Crippen molar-refractivity contribution in [2.24, 2.45) is 5.73 Å². The molecule has 1 fully saturated rings. The third kappa shape index (κ3) is 5.77. The molecule has 0 saturated carbocycles. The highest BCUT2D eigenvalue weighted by molar-refractivity contribution is 6.31. The van der Waals surface area contributed by atoms with Gasteiger partial charge in [-0.2, -0.15) is 0 Å². The summed E-state index contributed by atoms with van der Waals surface area (Å²) < 4.78 is 5.67. The van der Waals surface area contributed by atoms with Crippen molar-refractivity contribution in [2.45, 2.75) is 44.2 Å². The summed E-state index contributed by atoms with van der Waals surface area (Å²) in [5, 5.41) is 3.37. The van der Waals surface area contributed by atoms with Gasteiger partial charge in [0, 0.05) is 30.3 Å². The summed E-state index contributed by atoms with van der Waals surface area (Å²) in [6, 6.07) is 13.2. The number of rotatable bonds is 8. The molecule has 2 aromatic carbocycles. The van der Waals surface area contributed by atoms with Crippen LogP contribution in [0.5, 0.6) is 0 Å². The Bertz CT molecular complexity index is 1080. The summed E-state index contributed by atoms with van der Waals surface area (Å²) in [6.45, 7) is 1.03. The van der Waals surface area contributed by atoms with E-state index in [2.05, 4.69) is 5.32 Å². The number of hydrogen-bond donors (Lipinski definition) is 2. The lowest BCUT2D eigenvalue weighted by atomic mass is 9.86. The van der Waals surface area contributed by atoms with Crippen molar-refractivity contribution in [3.63, 3.8) is 0 Å². The van der Waals surface area contributed by atoms with Crippen molar-refractivity contribution in [3.8, 4) is 0 Å². The van der Waals surface area contributed by atoms with E-state index < -0.39 is 11.6 Å². The molecule has 186 valence electrons. The standard InChI is InChI=1S/C26H31ClN4O4/c27-23-7-2-1-4-21(23)16-31(18-32)26(10-12-30(13-11-26)24(33)15-28)17-35-25(34)29-22-9-8-19-5-3-6-20(19)14-22/h1-2,4,7-9,14,18H,3,5-6,10-13,15-17,28H2,(H,29,34). The number of aryl methyl sites for hydroxylation is 2. The van der Waals surface area contributed by atoms with Gasteiger partial charge < -0.3 is 20.3 Å². The molecule has 0 spiro atoms. The molecule has 2 aliphatic rings. The van der Waals surface area contributed by atoms with Gasteiger partial charge in [0.1, 0.15) is 6.61 Å². The average molecular weight is 499 g/mol. The Kier molecular flexibility index (Phi) is 7.93. The number of ether oxygens (including phenoxy) is 1. The van der Waals surface area contributed by atoms with Gasteiger partial charge in [0.25, 0.3) is 0 Å². The number of nitrogens with zero attached hydrogens (tertiary/aromatic N) is 2. The quantitative estimate of drug-likeness (QED) is 0.543. The lowest BCUT2D eigenvalue weighted by molar-refractivity contribution is -0.137. The second-order valence-corrected chi connectivity index (χ2v) is 9.58.